The molecule has 0 fully saturated rings. The van der Waals surface area contributed by atoms with Crippen LogP contribution in [-0.4, -0.2) is 14.9 Å². The Morgan fingerprint density at radius 1 is 0.864 bits per heavy atom. The summed E-state index contributed by atoms with van der Waals surface area (Å²) in [5.41, 5.74) is 0. The predicted molar refractivity (Wildman–Crippen MR) is 94.1 cm³/mol. The number of unbranched alkanes of at least 4 members (excludes halogenated alkanes) is 1. The van der Waals surface area contributed by atoms with Crippen LogP contribution < -0.4 is 4.54 Å². The van der Waals surface area contributed by atoms with E-state index in [4.69, 9.17) is 0 Å². The quantitative estimate of drug-likeness (QED) is 0.739. The van der Waals surface area contributed by atoms with E-state index in [0.29, 0.717) is 0 Å². The smallest absolute Gasteiger partial charge is 0.159 e. The summed E-state index contributed by atoms with van der Waals surface area (Å²) in [4.78, 5) is 10.5. The number of nitrogens with zero attached hydrogens (tertiary/aromatic N) is 4. The van der Waals surface area contributed by atoms with Crippen molar-refractivity contribution in [2.45, 2.75) is 54.4 Å². The summed E-state index contributed by atoms with van der Waals surface area (Å²) in [7, 11) is 1.69. The first-order valence-electron chi connectivity index (χ1n) is 7.98. The summed E-state index contributed by atoms with van der Waals surface area (Å²) < 4.78 is 2.19. The molecule has 126 valence electrons. The lowest BCUT2D eigenvalue weighted by Crippen LogP contribution is -2.26. The van der Waals surface area contributed by atoms with Crippen molar-refractivity contribution in [1.82, 2.24) is 14.9 Å². The second-order valence-corrected chi connectivity index (χ2v) is 3.47. The molecule has 2 aromatic heterocycles. The van der Waals surface area contributed by atoms with Crippen molar-refractivity contribution in [1.29, 1.82) is 0 Å². The molecular formula is C17H33N4O+. The van der Waals surface area contributed by atoms with Crippen LogP contribution >= 0.6 is 0 Å². The van der Waals surface area contributed by atoms with Gasteiger partial charge in [-0.05, 0) is 18.2 Å². The lowest BCUT2D eigenvalue weighted by molar-refractivity contribution is -0.595. The van der Waals surface area contributed by atoms with Gasteiger partial charge in [-0.25, -0.2) is 0 Å². The van der Waals surface area contributed by atoms with Crippen LogP contribution in [0.3, 0.4) is 0 Å². The van der Waals surface area contributed by atoms with Crippen molar-refractivity contribution >= 4 is 0 Å². The molecule has 5 nitrogen and oxygen atoms in total. The van der Waals surface area contributed by atoms with Crippen molar-refractivity contribution in [2.75, 3.05) is 0 Å². The molecule has 0 aromatic carbocycles. The minimum atomic E-state index is 0.750. The third-order valence-electron chi connectivity index (χ3n) is 1.92. The SMILES string of the molecule is CC.CC.CCCC.Cn1cccc[n+]1=O.c1ccnnc1. The number of aromatic nitrogens is 4. The maximum absolute atomic E-state index is 10.5. The van der Waals surface area contributed by atoms with E-state index in [2.05, 4.69) is 24.0 Å². The first-order valence-corrected chi connectivity index (χ1v) is 7.98. The van der Waals surface area contributed by atoms with Gasteiger partial charge in [-0.3, -0.25) is 0 Å². The molecule has 0 aliphatic heterocycles. The Kier molecular flexibility index (Phi) is 27.2. The van der Waals surface area contributed by atoms with Crippen LogP contribution in [0.5, 0.6) is 0 Å². The van der Waals surface area contributed by atoms with E-state index in [-0.39, 0.29) is 0 Å². The zero-order chi connectivity index (χ0) is 17.6. The fourth-order valence-corrected chi connectivity index (χ4v) is 0.722. The molecule has 2 heterocycles. The maximum atomic E-state index is 10.5. The van der Waals surface area contributed by atoms with Gasteiger partial charge in [0.25, 0.3) is 6.20 Å². The van der Waals surface area contributed by atoms with Gasteiger partial charge < -0.3 is 0 Å². The Bertz CT molecular complexity index is 415. The van der Waals surface area contributed by atoms with Gasteiger partial charge in [-0.2, -0.15) is 10.2 Å². The lowest BCUT2D eigenvalue weighted by Gasteiger charge is -1.78. The fourth-order valence-electron chi connectivity index (χ4n) is 0.722. The van der Waals surface area contributed by atoms with Gasteiger partial charge in [-0.15, -0.1) is 4.68 Å². The Morgan fingerprint density at radius 2 is 1.32 bits per heavy atom. The average Bonchev–Trinajstić information content (AvgIpc) is 2.63. The van der Waals surface area contributed by atoms with E-state index in [1.165, 1.54) is 23.7 Å². The third kappa shape index (κ3) is 20.3. The van der Waals surface area contributed by atoms with Gasteiger partial charge >= 0.3 is 0 Å². The fraction of sp³-hybridized carbons (Fsp3) is 0.529. The molecule has 0 atom stereocenters. The van der Waals surface area contributed by atoms with Crippen molar-refractivity contribution < 1.29 is 4.54 Å². The van der Waals surface area contributed by atoms with Crippen LogP contribution in [0.4, 0.5) is 0 Å². The first-order chi connectivity index (χ1) is 10.7. The van der Waals surface area contributed by atoms with Gasteiger partial charge in [0.1, 0.15) is 0 Å². The summed E-state index contributed by atoms with van der Waals surface area (Å²) in [5, 5.41) is 7.07. The van der Waals surface area contributed by atoms with Crippen LogP contribution in [0.2, 0.25) is 0 Å². The monoisotopic (exact) mass is 309 g/mol. The van der Waals surface area contributed by atoms with Crippen LogP contribution in [0.25, 0.3) is 0 Å². The molecular weight excluding hydrogens is 276 g/mol. The van der Waals surface area contributed by atoms with Gasteiger partial charge in [0.15, 0.2) is 4.54 Å². The Labute approximate surface area is 135 Å². The van der Waals surface area contributed by atoms with E-state index < -0.39 is 0 Å². The predicted octanol–water partition coefficient (Wildman–Crippen LogP) is 4.28. The Balaban J connectivity index is -0.000000230. The molecule has 0 spiro atoms. The summed E-state index contributed by atoms with van der Waals surface area (Å²) in [6, 6.07) is 7.14. The van der Waals surface area contributed by atoms with Gasteiger partial charge in [-0.1, -0.05) is 54.4 Å². The summed E-state index contributed by atoms with van der Waals surface area (Å²) in [6.07, 6.45) is 9.05. The maximum Gasteiger partial charge on any atom is 0.257 e. The number of hydrogen-bond acceptors (Lipinski definition) is 3. The van der Waals surface area contributed by atoms with Gasteiger partial charge in [0.2, 0.25) is 0 Å². The third-order valence-corrected chi connectivity index (χ3v) is 1.92. The summed E-state index contributed by atoms with van der Waals surface area (Å²) in [5.74, 6) is 0. The molecule has 0 unspecified atom stereocenters. The van der Waals surface area contributed by atoms with Gasteiger partial charge in [0, 0.05) is 18.5 Å². The van der Waals surface area contributed by atoms with Crippen LogP contribution in [0, 0.1) is 4.91 Å². The molecule has 5 heteroatoms. The molecule has 0 aliphatic rings. The van der Waals surface area contributed by atoms with Crippen LogP contribution in [0.15, 0.2) is 49.1 Å². The Hall–Kier alpha value is -2.04. The van der Waals surface area contributed by atoms with E-state index >= 15 is 0 Å². The molecule has 0 saturated carbocycles. The molecule has 0 aliphatic carbocycles. The number of rotatable bonds is 1. The summed E-state index contributed by atoms with van der Waals surface area (Å²) in [6.45, 7) is 12.4. The second-order valence-electron chi connectivity index (χ2n) is 3.47. The standard InChI is InChI=1S/C5H7N2O.C4H4N2.C4H10.2C2H6/c1-6-4-2-3-5-7(6)8;1-2-4-6-5-3-1;1-3-4-2;2*1-2/h2-5H,1H3;1-4H;3-4H2,1-2H3;2*1-2H3/q+1;;;;. The van der Waals surface area contributed by atoms with E-state index in [9.17, 15) is 4.91 Å². The highest BCUT2D eigenvalue weighted by atomic mass is 16.3. The molecule has 2 rings (SSSR count). The van der Waals surface area contributed by atoms with Crippen molar-refractivity contribution in [3.8, 4) is 0 Å². The molecule has 0 N–H and O–H groups in total. The lowest BCUT2D eigenvalue weighted by atomic mass is 10.4. The Morgan fingerprint density at radius 3 is 1.50 bits per heavy atom. The normalized spacial score (nSPS) is 7.41. The number of hydrogen-bond donors (Lipinski definition) is 0. The van der Waals surface area contributed by atoms with Crippen molar-refractivity contribution in [2.24, 2.45) is 7.05 Å². The average molecular weight is 309 g/mol. The molecule has 22 heavy (non-hydrogen) atoms. The zero-order valence-electron chi connectivity index (χ0n) is 15.2. The van der Waals surface area contributed by atoms with E-state index in [1.807, 2.05) is 39.8 Å². The molecule has 0 bridgehead atoms. The minimum absolute atomic E-state index is 0.750. The molecule has 0 amide bonds. The highest BCUT2D eigenvalue weighted by Crippen LogP contribution is 1.76. The first kappa shape index (κ1) is 24.9. The molecule has 0 radical (unpaired) electrons. The van der Waals surface area contributed by atoms with Crippen LogP contribution in [-0.2, 0) is 7.05 Å². The topological polar surface area (TPSA) is 53.7 Å². The highest BCUT2D eigenvalue weighted by Gasteiger charge is 1.88. The highest BCUT2D eigenvalue weighted by molar-refractivity contribution is 4.80. The largest absolute Gasteiger partial charge is 0.257 e. The zero-order valence-corrected chi connectivity index (χ0v) is 15.2. The minimum Gasteiger partial charge on any atom is -0.159 e. The molecule has 0 saturated heterocycles. The van der Waals surface area contributed by atoms with E-state index in [0.717, 1.165) is 4.54 Å². The van der Waals surface area contributed by atoms with Crippen molar-refractivity contribution in [3.63, 3.8) is 0 Å². The van der Waals surface area contributed by atoms with Gasteiger partial charge in [0.05, 0.1) is 18.2 Å². The van der Waals surface area contributed by atoms with Crippen molar-refractivity contribution in [3.05, 3.63) is 54.0 Å². The molecule has 2 aromatic rings. The second kappa shape index (κ2) is 24.0. The van der Waals surface area contributed by atoms with E-state index in [1.54, 1.807) is 37.8 Å². The summed E-state index contributed by atoms with van der Waals surface area (Å²) >= 11 is 0. The number of aryl methyl sites for hydroxylation is 1. The van der Waals surface area contributed by atoms with Crippen LogP contribution in [0.1, 0.15) is 54.4 Å².